The zero-order valence-electron chi connectivity index (χ0n) is 14.6. The Balaban J connectivity index is 2.08. The lowest BCUT2D eigenvalue weighted by Gasteiger charge is -2.08. The SMILES string of the molecule is CCC(O)C#Cc1cc(-c2ccc(Cl)cc2)n(-c2ccc(OC)cc2)n1. The van der Waals surface area contributed by atoms with Crippen molar-refractivity contribution in [3.63, 3.8) is 0 Å². The van der Waals surface area contributed by atoms with Crippen molar-refractivity contribution in [2.75, 3.05) is 7.11 Å². The highest BCUT2D eigenvalue weighted by Crippen LogP contribution is 2.26. The van der Waals surface area contributed by atoms with E-state index in [4.69, 9.17) is 16.3 Å². The lowest BCUT2D eigenvalue weighted by Crippen LogP contribution is -2.00. The summed E-state index contributed by atoms with van der Waals surface area (Å²) in [4.78, 5) is 0. The van der Waals surface area contributed by atoms with Gasteiger partial charge in [0.05, 0.1) is 18.5 Å². The van der Waals surface area contributed by atoms with Crippen molar-refractivity contribution in [1.29, 1.82) is 0 Å². The Morgan fingerprint density at radius 2 is 1.85 bits per heavy atom. The summed E-state index contributed by atoms with van der Waals surface area (Å²) in [5.41, 5.74) is 3.35. The number of rotatable bonds is 4. The molecule has 2 aromatic carbocycles. The maximum absolute atomic E-state index is 9.68. The lowest BCUT2D eigenvalue weighted by molar-refractivity contribution is 0.228. The van der Waals surface area contributed by atoms with E-state index in [9.17, 15) is 5.11 Å². The third kappa shape index (κ3) is 4.08. The Labute approximate surface area is 158 Å². The Morgan fingerprint density at radius 1 is 1.15 bits per heavy atom. The van der Waals surface area contributed by atoms with Crippen LogP contribution in [0.2, 0.25) is 5.02 Å². The van der Waals surface area contributed by atoms with E-state index in [-0.39, 0.29) is 0 Å². The van der Waals surface area contributed by atoms with Gasteiger partial charge in [-0.3, -0.25) is 0 Å². The number of aromatic nitrogens is 2. The van der Waals surface area contributed by atoms with Crippen LogP contribution < -0.4 is 4.74 Å². The molecule has 26 heavy (non-hydrogen) atoms. The van der Waals surface area contributed by atoms with Crippen LogP contribution in [0.3, 0.4) is 0 Å². The van der Waals surface area contributed by atoms with Crippen molar-refractivity contribution in [1.82, 2.24) is 9.78 Å². The predicted molar refractivity (Wildman–Crippen MR) is 104 cm³/mol. The average molecular weight is 367 g/mol. The maximum atomic E-state index is 9.68. The van der Waals surface area contributed by atoms with Gasteiger partial charge in [0, 0.05) is 16.7 Å². The van der Waals surface area contributed by atoms with E-state index in [1.807, 2.05) is 66.2 Å². The zero-order valence-corrected chi connectivity index (χ0v) is 15.4. The number of hydrogen-bond donors (Lipinski definition) is 1. The van der Waals surface area contributed by atoms with Gasteiger partial charge in [0.15, 0.2) is 0 Å². The summed E-state index contributed by atoms with van der Waals surface area (Å²) >= 11 is 6.01. The van der Waals surface area contributed by atoms with E-state index in [1.165, 1.54) is 0 Å². The molecule has 0 aliphatic carbocycles. The second kappa shape index (κ2) is 8.09. The topological polar surface area (TPSA) is 47.3 Å². The highest BCUT2D eigenvalue weighted by atomic mass is 35.5. The van der Waals surface area contributed by atoms with Crippen LogP contribution in [0.25, 0.3) is 16.9 Å². The fraction of sp³-hybridized carbons (Fsp3) is 0.190. The van der Waals surface area contributed by atoms with Crippen molar-refractivity contribution < 1.29 is 9.84 Å². The number of nitrogens with zero attached hydrogens (tertiary/aromatic N) is 2. The molecule has 0 amide bonds. The minimum atomic E-state index is -0.653. The minimum Gasteiger partial charge on any atom is -0.497 e. The van der Waals surface area contributed by atoms with E-state index in [2.05, 4.69) is 16.9 Å². The molecular weight excluding hydrogens is 348 g/mol. The molecule has 3 aromatic rings. The van der Waals surface area contributed by atoms with Gasteiger partial charge < -0.3 is 9.84 Å². The van der Waals surface area contributed by atoms with Gasteiger partial charge in [0.1, 0.15) is 17.5 Å². The van der Waals surface area contributed by atoms with Gasteiger partial charge in [0.2, 0.25) is 0 Å². The number of benzene rings is 2. The summed E-state index contributed by atoms with van der Waals surface area (Å²) in [6.45, 7) is 1.88. The highest BCUT2D eigenvalue weighted by Gasteiger charge is 2.11. The summed E-state index contributed by atoms with van der Waals surface area (Å²) < 4.78 is 7.05. The second-order valence-electron chi connectivity index (χ2n) is 5.72. The molecule has 1 unspecified atom stereocenters. The van der Waals surface area contributed by atoms with Crippen LogP contribution in [0.15, 0.2) is 54.6 Å². The summed E-state index contributed by atoms with van der Waals surface area (Å²) in [5, 5.41) is 15.0. The smallest absolute Gasteiger partial charge is 0.136 e. The van der Waals surface area contributed by atoms with E-state index < -0.39 is 6.10 Å². The van der Waals surface area contributed by atoms with Crippen molar-refractivity contribution in [3.8, 4) is 34.5 Å². The predicted octanol–water partition coefficient (Wildman–Crippen LogP) is 4.32. The fourth-order valence-electron chi connectivity index (χ4n) is 2.45. The van der Waals surface area contributed by atoms with Crippen LogP contribution in [0.5, 0.6) is 5.75 Å². The Kier molecular flexibility index (Phi) is 5.62. The van der Waals surface area contributed by atoms with Crippen LogP contribution in [-0.2, 0) is 0 Å². The molecule has 1 aromatic heterocycles. The standard InChI is InChI=1S/C21H19ClN2O2/c1-3-19(25)11-8-17-14-21(15-4-6-16(22)7-5-15)24(23-17)18-9-12-20(26-2)13-10-18/h4-7,9-10,12-14,19,25H,3H2,1-2H3. The van der Waals surface area contributed by atoms with Crippen molar-refractivity contribution in [2.45, 2.75) is 19.4 Å². The van der Waals surface area contributed by atoms with Gasteiger partial charge in [-0.2, -0.15) is 5.10 Å². The van der Waals surface area contributed by atoms with E-state index in [0.29, 0.717) is 17.1 Å². The summed E-state index contributed by atoms with van der Waals surface area (Å²) in [6.07, 6.45) is -0.0731. The van der Waals surface area contributed by atoms with E-state index >= 15 is 0 Å². The summed E-state index contributed by atoms with van der Waals surface area (Å²) in [6, 6.07) is 17.1. The van der Waals surface area contributed by atoms with Gasteiger partial charge in [-0.1, -0.05) is 36.6 Å². The first kappa shape index (κ1) is 18.1. The van der Waals surface area contributed by atoms with Crippen molar-refractivity contribution in [3.05, 3.63) is 65.3 Å². The number of ether oxygens (including phenoxy) is 1. The van der Waals surface area contributed by atoms with Crippen molar-refractivity contribution in [2.24, 2.45) is 0 Å². The first-order valence-electron chi connectivity index (χ1n) is 8.30. The lowest BCUT2D eigenvalue weighted by atomic mass is 10.1. The molecule has 0 aliphatic heterocycles. The zero-order chi connectivity index (χ0) is 18.5. The summed E-state index contributed by atoms with van der Waals surface area (Å²) in [5.74, 6) is 6.53. The number of hydrogen-bond acceptors (Lipinski definition) is 3. The molecule has 0 bridgehead atoms. The molecule has 0 fully saturated rings. The first-order chi connectivity index (χ1) is 12.6. The molecule has 5 heteroatoms. The number of aliphatic hydroxyl groups excluding tert-OH is 1. The molecular formula is C21H19ClN2O2. The molecule has 132 valence electrons. The van der Waals surface area contributed by atoms with Gasteiger partial charge in [-0.15, -0.1) is 0 Å². The van der Waals surface area contributed by atoms with Gasteiger partial charge >= 0.3 is 0 Å². The molecule has 1 N–H and O–H groups in total. The van der Waals surface area contributed by atoms with Crippen LogP contribution in [0, 0.1) is 11.8 Å². The number of aliphatic hydroxyl groups is 1. The third-order valence-corrected chi connectivity index (χ3v) is 4.17. The Bertz CT molecular complexity index is 935. The molecule has 0 aliphatic rings. The Hall–Kier alpha value is -2.74. The van der Waals surface area contributed by atoms with E-state index in [1.54, 1.807) is 7.11 Å². The van der Waals surface area contributed by atoms with Crippen LogP contribution in [-0.4, -0.2) is 28.1 Å². The van der Waals surface area contributed by atoms with Gasteiger partial charge in [-0.05, 0) is 48.7 Å². The molecule has 0 radical (unpaired) electrons. The number of methoxy groups -OCH3 is 1. The molecule has 3 rings (SSSR count). The fourth-order valence-corrected chi connectivity index (χ4v) is 2.57. The van der Waals surface area contributed by atoms with Crippen molar-refractivity contribution >= 4 is 11.6 Å². The largest absolute Gasteiger partial charge is 0.497 e. The second-order valence-corrected chi connectivity index (χ2v) is 6.16. The first-order valence-corrected chi connectivity index (χ1v) is 8.68. The molecule has 0 saturated carbocycles. The average Bonchev–Trinajstić information content (AvgIpc) is 3.11. The highest BCUT2D eigenvalue weighted by molar-refractivity contribution is 6.30. The monoisotopic (exact) mass is 366 g/mol. The minimum absolute atomic E-state index is 0.580. The summed E-state index contributed by atoms with van der Waals surface area (Å²) in [7, 11) is 1.63. The molecule has 4 nitrogen and oxygen atoms in total. The van der Waals surface area contributed by atoms with E-state index in [0.717, 1.165) is 22.7 Å². The third-order valence-electron chi connectivity index (χ3n) is 3.92. The maximum Gasteiger partial charge on any atom is 0.136 e. The molecule has 1 heterocycles. The Morgan fingerprint density at radius 3 is 2.46 bits per heavy atom. The molecule has 0 saturated heterocycles. The normalized spacial score (nSPS) is 11.5. The van der Waals surface area contributed by atoms with Gasteiger partial charge in [0.25, 0.3) is 0 Å². The number of halogens is 1. The van der Waals surface area contributed by atoms with Gasteiger partial charge in [-0.25, -0.2) is 4.68 Å². The van der Waals surface area contributed by atoms with Crippen LogP contribution in [0.4, 0.5) is 0 Å². The quantitative estimate of drug-likeness (QED) is 0.699. The molecule has 0 spiro atoms. The van der Waals surface area contributed by atoms with Crippen LogP contribution in [0.1, 0.15) is 19.0 Å². The molecule has 1 atom stereocenters. The van der Waals surface area contributed by atoms with Crippen LogP contribution >= 0.6 is 11.6 Å².